The van der Waals surface area contributed by atoms with Crippen molar-refractivity contribution in [1.29, 1.82) is 0 Å². The van der Waals surface area contributed by atoms with Crippen molar-refractivity contribution in [2.45, 2.75) is 27.2 Å². The Morgan fingerprint density at radius 2 is 1.44 bits per heavy atom. The fourth-order valence-electron chi connectivity index (χ4n) is 0.433. The van der Waals surface area contributed by atoms with Gasteiger partial charge in [0.15, 0.2) is 0 Å². The maximum Gasteiger partial charge on any atom is -0.00723 e. The largest absolute Gasteiger partial charge is 0.330 e. The summed E-state index contributed by atoms with van der Waals surface area (Å²) in [5.41, 5.74) is 5.74. The lowest BCUT2D eigenvalue weighted by Crippen LogP contribution is -2.12. The highest BCUT2D eigenvalue weighted by Crippen LogP contribution is 2.15. The molecule has 0 saturated heterocycles. The Balaban J connectivity index is 0. The standard InChI is InChI=1S/C6H15N.H4N2/c1-6(2,3)4-5-7;1-2/h4-5,7H2,1-3H3;1-2H2. The quantitative estimate of drug-likeness (QED) is 0.353. The van der Waals surface area contributed by atoms with Crippen molar-refractivity contribution in [3.8, 4) is 0 Å². The summed E-state index contributed by atoms with van der Waals surface area (Å²) in [6, 6.07) is 0. The average molecular weight is 133 g/mol. The minimum Gasteiger partial charge on any atom is -0.330 e. The van der Waals surface area contributed by atoms with Crippen molar-refractivity contribution in [3.63, 3.8) is 0 Å². The van der Waals surface area contributed by atoms with E-state index >= 15 is 0 Å². The van der Waals surface area contributed by atoms with Gasteiger partial charge >= 0.3 is 0 Å². The van der Waals surface area contributed by atoms with Gasteiger partial charge < -0.3 is 5.73 Å². The van der Waals surface area contributed by atoms with E-state index in [9.17, 15) is 0 Å². The molecule has 0 heterocycles. The Morgan fingerprint density at radius 3 is 1.44 bits per heavy atom. The van der Waals surface area contributed by atoms with Crippen LogP contribution in [-0.4, -0.2) is 6.54 Å². The van der Waals surface area contributed by atoms with Gasteiger partial charge in [-0.25, -0.2) is 0 Å². The molecule has 0 aliphatic carbocycles. The molecule has 0 bridgehead atoms. The molecule has 0 aromatic heterocycles. The number of hydrogen-bond donors (Lipinski definition) is 3. The molecule has 0 saturated carbocycles. The third-order valence-corrected chi connectivity index (χ3v) is 0.894. The highest BCUT2D eigenvalue weighted by Gasteiger charge is 2.06. The number of hydrogen-bond acceptors (Lipinski definition) is 3. The number of hydrazine groups is 1. The van der Waals surface area contributed by atoms with E-state index in [1.165, 1.54) is 0 Å². The van der Waals surface area contributed by atoms with Crippen LogP contribution in [0.1, 0.15) is 27.2 Å². The number of nitrogens with two attached hydrogens (primary N) is 3. The average Bonchev–Trinajstić information content (AvgIpc) is 1.69. The third kappa shape index (κ3) is 18.1. The van der Waals surface area contributed by atoms with Crippen LogP contribution >= 0.6 is 0 Å². The van der Waals surface area contributed by atoms with E-state index in [1.54, 1.807) is 0 Å². The minimum atomic E-state index is 0.425. The number of rotatable bonds is 1. The Bertz CT molecular complexity index is 46.8. The molecular formula is C6H19N3. The second-order valence-corrected chi connectivity index (χ2v) is 3.10. The molecule has 58 valence electrons. The van der Waals surface area contributed by atoms with Crippen LogP contribution in [0.5, 0.6) is 0 Å². The molecule has 3 nitrogen and oxygen atoms in total. The van der Waals surface area contributed by atoms with Crippen LogP contribution in [0.25, 0.3) is 0 Å². The van der Waals surface area contributed by atoms with E-state index in [1.807, 2.05) is 0 Å². The summed E-state index contributed by atoms with van der Waals surface area (Å²) in [5, 5.41) is 0. The van der Waals surface area contributed by atoms with Crippen molar-refractivity contribution in [3.05, 3.63) is 0 Å². The monoisotopic (exact) mass is 133 g/mol. The van der Waals surface area contributed by atoms with Gasteiger partial charge in [0.25, 0.3) is 0 Å². The van der Waals surface area contributed by atoms with Crippen LogP contribution in [-0.2, 0) is 0 Å². The highest BCUT2D eigenvalue weighted by molar-refractivity contribution is 4.60. The second-order valence-electron chi connectivity index (χ2n) is 3.10. The van der Waals surface area contributed by atoms with E-state index < -0.39 is 0 Å². The maximum absolute atomic E-state index is 5.31. The molecule has 0 amide bonds. The van der Waals surface area contributed by atoms with Crippen LogP contribution in [0.15, 0.2) is 0 Å². The van der Waals surface area contributed by atoms with Gasteiger partial charge in [0, 0.05) is 0 Å². The third-order valence-electron chi connectivity index (χ3n) is 0.894. The van der Waals surface area contributed by atoms with Crippen LogP contribution in [0.2, 0.25) is 0 Å². The summed E-state index contributed by atoms with van der Waals surface area (Å²) < 4.78 is 0. The van der Waals surface area contributed by atoms with Gasteiger partial charge in [-0.3, -0.25) is 11.7 Å². The highest BCUT2D eigenvalue weighted by atomic mass is 15.0. The fraction of sp³-hybridized carbons (Fsp3) is 1.00. The molecule has 0 unspecified atom stereocenters. The lowest BCUT2D eigenvalue weighted by molar-refractivity contribution is 0.385. The van der Waals surface area contributed by atoms with Crippen LogP contribution in [0.4, 0.5) is 0 Å². The molecule has 9 heavy (non-hydrogen) atoms. The van der Waals surface area contributed by atoms with Gasteiger partial charge in [0.05, 0.1) is 0 Å². The van der Waals surface area contributed by atoms with Crippen LogP contribution in [0.3, 0.4) is 0 Å². The van der Waals surface area contributed by atoms with E-state index in [0.717, 1.165) is 13.0 Å². The van der Waals surface area contributed by atoms with Crippen molar-refractivity contribution in [2.24, 2.45) is 22.8 Å². The van der Waals surface area contributed by atoms with Gasteiger partial charge in [-0.2, -0.15) is 0 Å². The van der Waals surface area contributed by atoms with Crippen molar-refractivity contribution in [1.82, 2.24) is 0 Å². The second kappa shape index (κ2) is 6.01. The van der Waals surface area contributed by atoms with Gasteiger partial charge in [0.1, 0.15) is 0 Å². The summed E-state index contributed by atoms with van der Waals surface area (Å²) in [5.74, 6) is 8.00. The normalized spacial score (nSPS) is 10.0. The van der Waals surface area contributed by atoms with E-state index in [2.05, 4.69) is 32.5 Å². The molecule has 0 aromatic carbocycles. The van der Waals surface area contributed by atoms with Gasteiger partial charge in [-0.05, 0) is 18.4 Å². The Labute approximate surface area is 57.6 Å². The molecule has 3 heteroatoms. The predicted octanol–water partition coefficient (Wildman–Crippen LogP) is 0.200. The summed E-state index contributed by atoms with van der Waals surface area (Å²) >= 11 is 0. The summed E-state index contributed by atoms with van der Waals surface area (Å²) in [6.07, 6.45) is 1.12. The van der Waals surface area contributed by atoms with Crippen molar-refractivity contribution >= 4 is 0 Å². The first-order valence-corrected chi connectivity index (χ1v) is 3.10. The molecule has 0 fully saturated rings. The molecule has 0 aliphatic heterocycles. The SMILES string of the molecule is CC(C)(C)CCN.NN. The summed E-state index contributed by atoms with van der Waals surface area (Å²) in [6.45, 7) is 7.39. The lowest BCUT2D eigenvalue weighted by Gasteiger charge is -2.15. The van der Waals surface area contributed by atoms with Crippen LogP contribution < -0.4 is 17.4 Å². The first-order valence-electron chi connectivity index (χ1n) is 3.10. The zero-order valence-corrected chi connectivity index (χ0v) is 6.65. The zero-order valence-electron chi connectivity index (χ0n) is 6.65. The molecule has 0 atom stereocenters. The molecule has 6 N–H and O–H groups in total. The van der Waals surface area contributed by atoms with Crippen molar-refractivity contribution < 1.29 is 0 Å². The van der Waals surface area contributed by atoms with E-state index in [4.69, 9.17) is 5.73 Å². The topological polar surface area (TPSA) is 78.1 Å². The van der Waals surface area contributed by atoms with Crippen LogP contribution in [0, 0.1) is 5.41 Å². The smallest absolute Gasteiger partial charge is 0.00723 e. The maximum atomic E-state index is 5.31. The predicted molar refractivity (Wildman–Crippen MR) is 41.5 cm³/mol. The van der Waals surface area contributed by atoms with Gasteiger partial charge in [-0.15, -0.1) is 0 Å². The van der Waals surface area contributed by atoms with Gasteiger partial charge in [-0.1, -0.05) is 20.8 Å². The summed E-state index contributed by atoms with van der Waals surface area (Å²) in [4.78, 5) is 0. The molecule has 0 aromatic rings. The Morgan fingerprint density at radius 1 is 1.11 bits per heavy atom. The summed E-state index contributed by atoms with van der Waals surface area (Å²) in [7, 11) is 0. The molecule has 0 aliphatic rings. The Hall–Kier alpha value is -0.120. The molecular weight excluding hydrogens is 114 g/mol. The first kappa shape index (κ1) is 11.6. The Kier molecular flexibility index (Phi) is 7.77. The van der Waals surface area contributed by atoms with Crippen molar-refractivity contribution in [2.75, 3.05) is 6.54 Å². The molecule has 0 rings (SSSR count). The minimum absolute atomic E-state index is 0.425. The van der Waals surface area contributed by atoms with Gasteiger partial charge in [0.2, 0.25) is 0 Å². The zero-order chi connectivity index (χ0) is 7.91. The van der Waals surface area contributed by atoms with E-state index in [0.29, 0.717) is 5.41 Å². The first-order chi connectivity index (χ1) is 4.06. The molecule has 0 spiro atoms. The molecule has 0 radical (unpaired) electrons. The van der Waals surface area contributed by atoms with E-state index in [-0.39, 0.29) is 0 Å². The lowest BCUT2D eigenvalue weighted by atomic mass is 9.93. The fourth-order valence-corrected chi connectivity index (χ4v) is 0.433.